The number of carbonyl (C=O) groups is 2. The largest absolute Gasteiger partial charge is 0.496 e. The Kier molecular flexibility index (Phi) is 4.98. The van der Waals surface area contributed by atoms with Crippen molar-refractivity contribution in [2.24, 2.45) is 0 Å². The molecule has 0 aliphatic carbocycles. The van der Waals surface area contributed by atoms with Gasteiger partial charge < -0.3 is 9.84 Å². The minimum atomic E-state index is -0.977. The highest BCUT2D eigenvalue weighted by Gasteiger charge is 2.13. The number of carboxylic acids is 1. The van der Waals surface area contributed by atoms with Crippen LogP contribution in [-0.4, -0.2) is 24.0 Å². The molecule has 0 bridgehead atoms. The molecule has 1 N–H and O–H groups in total. The Balaban J connectivity index is 2.07. The van der Waals surface area contributed by atoms with E-state index in [9.17, 15) is 9.59 Å². The first-order chi connectivity index (χ1) is 9.99. The Morgan fingerprint density at radius 1 is 1.24 bits per heavy atom. The van der Waals surface area contributed by atoms with Gasteiger partial charge in [0.1, 0.15) is 16.4 Å². The molecule has 0 aliphatic heterocycles. The van der Waals surface area contributed by atoms with Gasteiger partial charge in [0.2, 0.25) is 0 Å². The van der Waals surface area contributed by atoms with Crippen molar-refractivity contribution in [1.82, 2.24) is 0 Å². The molecule has 0 aliphatic rings. The average molecular weight is 325 g/mol. The lowest BCUT2D eigenvalue weighted by Gasteiger charge is -2.08. The van der Waals surface area contributed by atoms with E-state index in [0.717, 1.165) is 21.8 Å². The van der Waals surface area contributed by atoms with Gasteiger partial charge in [0.25, 0.3) is 0 Å². The van der Waals surface area contributed by atoms with Crippen LogP contribution in [0.5, 0.6) is 5.75 Å². The number of ketones is 1. The van der Waals surface area contributed by atoms with E-state index in [1.807, 2.05) is 0 Å². The smallest absolute Gasteiger partial charge is 0.345 e. The van der Waals surface area contributed by atoms with Crippen LogP contribution in [0.2, 0.25) is 5.02 Å². The molecule has 0 saturated carbocycles. The highest BCUT2D eigenvalue weighted by atomic mass is 35.5. The lowest BCUT2D eigenvalue weighted by Crippen LogP contribution is -2.06. The fraction of sp³-hybridized carbons (Fsp3) is 0.200. The van der Waals surface area contributed by atoms with E-state index < -0.39 is 5.97 Å². The molecule has 1 aromatic heterocycles. The van der Waals surface area contributed by atoms with Gasteiger partial charge in [0.15, 0.2) is 0 Å². The molecule has 0 unspecified atom stereocenters. The molecule has 0 radical (unpaired) electrons. The van der Waals surface area contributed by atoms with Gasteiger partial charge in [-0.15, -0.1) is 11.3 Å². The number of carboxylic acid groups (broad SMARTS) is 1. The Bertz CT molecular complexity index is 678. The molecule has 21 heavy (non-hydrogen) atoms. The Morgan fingerprint density at radius 3 is 2.62 bits per heavy atom. The fourth-order valence-electron chi connectivity index (χ4n) is 1.94. The van der Waals surface area contributed by atoms with E-state index in [-0.39, 0.29) is 23.5 Å². The number of ether oxygens (including phenoxy) is 1. The minimum absolute atomic E-state index is 0.0191. The number of Topliss-reactive ketones (excluding diaryl/α,β-unsaturated/α-hetero) is 1. The van der Waals surface area contributed by atoms with E-state index in [2.05, 4.69) is 0 Å². The van der Waals surface area contributed by atoms with Crippen molar-refractivity contribution < 1.29 is 19.4 Å². The number of hydrogen-bond donors (Lipinski definition) is 1. The summed E-state index contributed by atoms with van der Waals surface area (Å²) in [5.41, 5.74) is 0.727. The maximum absolute atomic E-state index is 12.1. The number of aromatic carboxylic acids is 1. The van der Waals surface area contributed by atoms with E-state index in [0.29, 0.717) is 10.8 Å². The van der Waals surface area contributed by atoms with Crippen LogP contribution in [0.4, 0.5) is 0 Å². The molecule has 0 saturated heterocycles. The highest BCUT2D eigenvalue weighted by Crippen LogP contribution is 2.24. The van der Waals surface area contributed by atoms with Crippen molar-refractivity contribution in [3.05, 3.63) is 50.7 Å². The first-order valence-corrected chi connectivity index (χ1v) is 7.35. The molecule has 1 aromatic carbocycles. The third-order valence-electron chi connectivity index (χ3n) is 2.87. The number of hydrogen-bond acceptors (Lipinski definition) is 4. The summed E-state index contributed by atoms with van der Waals surface area (Å²) in [7, 11) is 1.54. The molecule has 2 rings (SSSR count). The molecule has 0 spiro atoms. The van der Waals surface area contributed by atoms with Gasteiger partial charge in [-0.2, -0.15) is 0 Å². The summed E-state index contributed by atoms with van der Waals surface area (Å²) in [6, 6.07) is 8.30. The fourth-order valence-corrected chi connectivity index (χ4v) is 3.01. The van der Waals surface area contributed by atoms with Crippen LogP contribution in [0.25, 0.3) is 0 Å². The van der Waals surface area contributed by atoms with E-state index >= 15 is 0 Å². The second-order valence-corrected chi connectivity index (χ2v) is 6.02. The zero-order valence-corrected chi connectivity index (χ0v) is 12.8. The number of halogens is 1. The van der Waals surface area contributed by atoms with Gasteiger partial charge in [-0.05, 0) is 30.3 Å². The molecule has 2 aromatic rings. The molecule has 0 atom stereocenters. The first kappa shape index (κ1) is 15.5. The average Bonchev–Trinajstić information content (AvgIpc) is 2.87. The maximum Gasteiger partial charge on any atom is 0.345 e. The van der Waals surface area contributed by atoms with Crippen LogP contribution in [0.1, 0.15) is 20.1 Å². The number of methoxy groups -OCH3 is 1. The monoisotopic (exact) mass is 324 g/mol. The van der Waals surface area contributed by atoms with E-state index in [1.54, 1.807) is 24.3 Å². The Labute approximate surface area is 130 Å². The maximum atomic E-state index is 12.1. The van der Waals surface area contributed by atoms with Crippen LogP contribution < -0.4 is 4.74 Å². The van der Waals surface area contributed by atoms with Gasteiger partial charge in [0.05, 0.1) is 7.11 Å². The lowest BCUT2D eigenvalue weighted by molar-refractivity contribution is -0.117. The van der Waals surface area contributed by atoms with Crippen molar-refractivity contribution in [2.75, 3.05) is 7.11 Å². The van der Waals surface area contributed by atoms with Crippen molar-refractivity contribution in [2.45, 2.75) is 12.8 Å². The zero-order valence-electron chi connectivity index (χ0n) is 11.3. The summed E-state index contributed by atoms with van der Waals surface area (Å²) in [5.74, 6) is -0.380. The Morgan fingerprint density at radius 2 is 2.00 bits per heavy atom. The number of rotatable bonds is 6. The number of carbonyl (C=O) groups excluding carboxylic acids is 1. The van der Waals surface area contributed by atoms with Crippen molar-refractivity contribution in [3.8, 4) is 5.75 Å². The normalized spacial score (nSPS) is 10.4. The van der Waals surface area contributed by atoms with Crippen LogP contribution >= 0.6 is 22.9 Å². The summed E-state index contributed by atoms with van der Waals surface area (Å²) in [6.07, 6.45) is 0.400. The minimum Gasteiger partial charge on any atom is -0.496 e. The third-order valence-corrected chi connectivity index (χ3v) is 4.18. The molecule has 1 heterocycles. The second kappa shape index (κ2) is 6.74. The molecular weight excluding hydrogens is 312 g/mol. The van der Waals surface area contributed by atoms with Crippen molar-refractivity contribution >= 4 is 34.7 Å². The molecular formula is C15H13ClO4S. The van der Waals surface area contributed by atoms with Crippen LogP contribution in [0, 0.1) is 0 Å². The van der Waals surface area contributed by atoms with Gasteiger partial charge in [-0.3, -0.25) is 4.79 Å². The van der Waals surface area contributed by atoms with Crippen molar-refractivity contribution in [1.29, 1.82) is 0 Å². The van der Waals surface area contributed by atoms with Gasteiger partial charge in [-0.1, -0.05) is 11.6 Å². The SMILES string of the molecule is COc1ccc(Cl)cc1CC(=O)Cc1ccc(C(=O)O)s1. The standard InChI is InChI=1S/C15H13ClO4S/c1-20-13-4-2-10(16)6-9(13)7-11(17)8-12-3-5-14(21-12)15(18)19/h2-6H,7-8H2,1H3,(H,18,19). The number of thiophene rings is 1. The first-order valence-electron chi connectivity index (χ1n) is 6.15. The molecule has 110 valence electrons. The summed E-state index contributed by atoms with van der Waals surface area (Å²) < 4.78 is 5.20. The third kappa shape index (κ3) is 4.06. The molecule has 6 heteroatoms. The van der Waals surface area contributed by atoms with Gasteiger partial charge >= 0.3 is 5.97 Å². The summed E-state index contributed by atoms with van der Waals surface area (Å²) in [6.45, 7) is 0. The van der Waals surface area contributed by atoms with Crippen LogP contribution in [0.3, 0.4) is 0 Å². The van der Waals surface area contributed by atoms with Crippen LogP contribution in [-0.2, 0) is 17.6 Å². The van der Waals surface area contributed by atoms with Gasteiger partial charge in [-0.25, -0.2) is 4.79 Å². The number of benzene rings is 1. The summed E-state index contributed by atoms with van der Waals surface area (Å²) >= 11 is 7.04. The second-order valence-electron chi connectivity index (χ2n) is 4.42. The predicted octanol–water partition coefficient (Wildman–Crippen LogP) is 3.46. The van der Waals surface area contributed by atoms with Crippen molar-refractivity contribution in [3.63, 3.8) is 0 Å². The molecule has 4 nitrogen and oxygen atoms in total. The summed E-state index contributed by atoms with van der Waals surface area (Å²) in [5, 5.41) is 9.40. The Hall–Kier alpha value is -1.85. The van der Waals surface area contributed by atoms with Crippen LogP contribution in [0.15, 0.2) is 30.3 Å². The highest BCUT2D eigenvalue weighted by molar-refractivity contribution is 7.14. The molecule has 0 amide bonds. The quantitative estimate of drug-likeness (QED) is 0.883. The summed E-state index contributed by atoms with van der Waals surface area (Å²) in [4.78, 5) is 23.9. The lowest BCUT2D eigenvalue weighted by atomic mass is 10.1. The predicted molar refractivity (Wildman–Crippen MR) is 81.7 cm³/mol. The topological polar surface area (TPSA) is 63.6 Å². The molecule has 0 fully saturated rings. The van der Waals surface area contributed by atoms with E-state index in [1.165, 1.54) is 13.2 Å². The zero-order chi connectivity index (χ0) is 15.4. The van der Waals surface area contributed by atoms with E-state index in [4.69, 9.17) is 21.4 Å². The van der Waals surface area contributed by atoms with Gasteiger partial charge in [0, 0.05) is 28.3 Å².